The molecule has 0 radical (unpaired) electrons. The third kappa shape index (κ3) is 8.48. The Hall–Kier alpha value is -9.06. The van der Waals surface area contributed by atoms with Crippen molar-refractivity contribution in [2.75, 3.05) is 0 Å². The standard InChI is InChI=1S/C71H58N4O/c1-70(2,3)56-32-30-50(31-33-56)51-20-15-21-52(40-51)59-24-16-25-60(55-41-54(49-18-8-7-9-19-49)42-57(43-55)71(4,5)6)69(59)74-46-73(64-27-12-13-28-65(64)74)58-22-14-17-47(38-58)37-48-29-34-62-61-23-10-11-26-63(61)75(66(62)39-48)68-44-53-35-36-76-67(53)45-72-68/h7-36,38-45H,37H2,1-6H3/i7D,8D,9D,18D,19D. The summed E-state index contributed by atoms with van der Waals surface area (Å²) in [5.41, 5.74) is 17.4. The van der Waals surface area contributed by atoms with E-state index in [1.54, 1.807) is 12.5 Å². The van der Waals surface area contributed by atoms with Crippen LogP contribution in [0.2, 0.25) is 0 Å². The lowest BCUT2D eigenvalue weighted by Gasteiger charge is -2.23. The van der Waals surface area contributed by atoms with Gasteiger partial charge in [-0.15, -0.1) is 0 Å². The SMILES string of the molecule is [2H]c1c([2H])c([2H])c(-c2cc(-c3cccc(-c4cccc(-c5ccc(C(C)(C)C)cc5)c4)c3-[n+]3[c-]n(-c4cccc(Cc5ccc6c7ccccc7n(-c7cc8ccoc8cn7)c6c5)c4)c4ccccc43)cc(C(C)(C)C)c2)c([2H])c1[2H]. The maximum Gasteiger partial charge on any atom is 0.269 e. The van der Waals surface area contributed by atoms with Gasteiger partial charge in [0.25, 0.3) is 6.33 Å². The van der Waals surface area contributed by atoms with Gasteiger partial charge in [-0.05, 0) is 133 Å². The molecule has 5 heteroatoms. The molecule has 0 amide bonds. The van der Waals surface area contributed by atoms with E-state index in [2.05, 4.69) is 231 Å². The molecule has 9 aromatic carbocycles. The average Bonchev–Trinajstić information content (AvgIpc) is 4.44. The summed E-state index contributed by atoms with van der Waals surface area (Å²) in [7, 11) is 0. The van der Waals surface area contributed by atoms with Gasteiger partial charge in [0.05, 0.1) is 52.8 Å². The zero-order chi connectivity index (χ0) is 56.1. The molecule has 0 aliphatic rings. The largest absolute Gasteiger partial charge is 0.463 e. The fourth-order valence-electron chi connectivity index (χ4n) is 10.8. The summed E-state index contributed by atoms with van der Waals surface area (Å²) in [6, 6.07) is 64.8. The molecule has 0 aliphatic heterocycles. The number of hydrogen-bond donors (Lipinski definition) is 0. The number of hydrogen-bond acceptors (Lipinski definition) is 2. The van der Waals surface area contributed by atoms with Crippen LogP contribution in [0, 0.1) is 6.33 Å². The summed E-state index contributed by atoms with van der Waals surface area (Å²) >= 11 is 0. The van der Waals surface area contributed by atoms with Crippen LogP contribution in [0.5, 0.6) is 0 Å². The van der Waals surface area contributed by atoms with Gasteiger partial charge in [0, 0.05) is 16.2 Å². The first-order chi connectivity index (χ1) is 39.0. The van der Waals surface area contributed by atoms with E-state index in [9.17, 15) is 0 Å². The summed E-state index contributed by atoms with van der Waals surface area (Å²) in [5.74, 6) is 0.831. The Morgan fingerprint density at radius 3 is 2.03 bits per heavy atom. The van der Waals surface area contributed by atoms with Crippen LogP contribution in [0.3, 0.4) is 0 Å². The maximum absolute atomic E-state index is 9.10. The van der Waals surface area contributed by atoms with Gasteiger partial charge >= 0.3 is 0 Å². The average molecular weight is 988 g/mol. The van der Waals surface area contributed by atoms with Crippen molar-refractivity contribution >= 4 is 43.8 Å². The lowest BCUT2D eigenvalue weighted by molar-refractivity contribution is -0.571. The predicted octanol–water partition coefficient (Wildman–Crippen LogP) is 17.8. The Bertz CT molecular complexity index is 4620. The zero-order valence-corrected chi connectivity index (χ0v) is 43.5. The van der Waals surface area contributed by atoms with Crippen LogP contribution in [0.1, 0.15) is 70.7 Å². The highest BCUT2D eigenvalue weighted by atomic mass is 16.3. The molecular formula is C71H58N4O. The monoisotopic (exact) mass is 987 g/mol. The van der Waals surface area contributed by atoms with Crippen molar-refractivity contribution in [2.24, 2.45) is 0 Å². The van der Waals surface area contributed by atoms with Crippen LogP contribution in [0.4, 0.5) is 0 Å². The number of furan rings is 1. The number of fused-ring (bicyclic) bond motifs is 5. The molecule has 13 aromatic rings. The third-order valence-electron chi connectivity index (χ3n) is 14.8. The molecular weight excluding hydrogens is 925 g/mol. The van der Waals surface area contributed by atoms with Crippen LogP contribution in [0.25, 0.3) is 106 Å². The lowest BCUT2D eigenvalue weighted by atomic mass is 9.82. The van der Waals surface area contributed by atoms with E-state index in [1.807, 2.05) is 18.2 Å². The summed E-state index contributed by atoms with van der Waals surface area (Å²) in [4.78, 5) is 4.87. The van der Waals surface area contributed by atoms with Crippen molar-refractivity contribution in [2.45, 2.75) is 58.8 Å². The second-order valence-corrected chi connectivity index (χ2v) is 22.0. The Morgan fingerprint density at radius 2 is 1.21 bits per heavy atom. The van der Waals surface area contributed by atoms with Crippen molar-refractivity contribution in [3.8, 4) is 61.7 Å². The van der Waals surface area contributed by atoms with E-state index in [0.717, 1.165) is 111 Å². The molecule has 4 heterocycles. The predicted molar refractivity (Wildman–Crippen MR) is 314 cm³/mol. The van der Waals surface area contributed by atoms with Gasteiger partial charge < -0.3 is 4.42 Å². The molecule has 0 atom stereocenters. The van der Waals surface area contributed by atoms with E-state index < -0.39 is 6.04 Å². The van der Waals surface area contributed by atoms with E-state index in [1.165, 1.54) is 5.56 Å². The number of benzene rings is 9. The Kier molecular flexibility index (Phi) is 10.0. The Morgan fingerprint density at radius 1 is 0.526 bits per heavy atom. The molecule has 0 fully saturated rings. The lowest BCUT2D eigenvalue weighted by Crippen LogP contribution is -2.31. The smallest absolute Gasteiger partial charge is 0.269 e. The summed E-state index contributed by atoms with van der Waals surface area (Å²) < 4.78 is 56.2. The molecule has 0 aliphatic carbocycles. The van der Waals surface area contributed by atoms with Crippen LogP contribution in [-0.4, -0.2) is 14.1 Å². The van der Waals surface area contributed by atoms with Gasteiger partial charge in [0.2, 0.25) is 0 Å². The molecule has 13 rings (SSSR count). The molecule has 0 spiro atoms. The molecule has 0 saturated carbocycles. The van der Waals surface area contributed by atoms with Crippen molar-refractivity contribution in [3.05, 3.63) is 259 Å². The molecule has 368 valence electrons. The number of aromatic nitrogens is 4. The number of para-hydroxylation sites is 4. The minimum Gasteiger partial charge on any atom is -0.463 e. The minimum absolute atomic E-state index is 0.0190. The Labute approximate surface area is 451 Å². The highest BCUT2D eigenvalue weighted by molar-refractivity contribution is 6.09. The van der Waals surface area contributed by atoms with Gasteiger partial charge in [0.15, 0.2) is 5.58 Å². The van der Waals surface area contributed by atoms with Gasteiger partial charge in [-0.25, -0.2) is 4.98 Å². The zero-order valence-electron chi connectivity index (χ0n) is 48.5. The van der Waals surface area contributed by atoms with Crippen molar-refractivity contribution in [1.29, 1.82) is 0 Å². The number of rotatable bonds is 9. The van der Waals surface area contributed by atoms with E-state index >= 15 is 0 Å². The maximum atomic E-state index is 9.10. The molecule has 5 nitrogen and oxygen atoms in total. The fourth-order valence-corrected chi connectivity index (χ4v) is 10.8. The van der Waals surface area contributed by atoms with Crippen molar-refractivity contribution < 1.29 is 15.8 Å². The van der Waals surface area contributed by atoms with E-state index in [4.69, 9.17) is 16.3 Å². The van der Waals surface area contributed by atoms with Crippen molar-refractivity contribution in [3.63, 3.8) is 0 Å². The van der Waals surface area contributed by atoms with Crippen LogP contribution < -0.4 is 4.57 Å². The highest BCUT2D eigenvalue weighted by Crippen LogP contribution is 2.40. The first-order valence-electron chi connectivity index (χ1n) is 28.5. The molecule has 0 saturated heterocycles. The quantitative estimate of drug-likeness (QED) is 0.107. The molecule has 0 unspecified atom stereocenters. The molecule has 4 aromatic heterocycles. The first kappa shape index (κ1) is 41.3. The van der Waals surface area contributed by atoms with Gasteiger partial charge in [0.1, 0.15) is 5.82 Å². The van der Waals surface area contributed by atoms with Crippen LogP contribution in [-0.2, 0) is 17.3 Å². The fraction of sp³-hybridized carbons (Fsp3) is 0.127. The third-order valence-corrected chi connectivity index (χ3v) is 14.8. The van der Waals surface area contributed by atoms with Gasteiger partial charge in [-0.1, -0.05) is 211 Å². The van der Waals surface area contributed by atoms with Crippen LogP contribution >= 0.6 is 0 Å². The minimum atomic E-state index is -0.420. The summed E-state index contributed by atoms with van der Waals surface area (Å²) in [6.45, 7) is 13.1. The van der Waals surface area contributed by atoms with Crippen molar-refractivity contribution in [1.82, 2.24) is 14.1 Å². The van der Waals surface area contributed by atoms with E-state index in [-0.39, 0.29) is 40.6 Å². The summed E-state index contributed by atoms with van der Waals surface area (Å²) in [5, 5.41) is 3.32. The van der Waals surface area contributed by atoms with E-state index in [0.29, 0.717) is 12.0 Å². The highest BCUT2D eigenvalue weighted by Gasteiger charge is 2.24. The molecule has 76 heavy (non-hydrogen) atoms. The second-order valence-electron chi connectivity index (χ2n) is 22.0. The molecule has 0 bridgehead atoms. The number of nitrogens with zero attached hydrogens (tertiary/aromatic N) is 4. The first-order valence-corrected chi connectivity index (χ1v) is 26.0. The van der Waals surface area contributed by atoms with Gasteiger partial charge in [-0.3, -0.25) is 13.7 Å². The second kappa shape index (κ2) is 18.4. The van der Waals surface area contributed by atoms with Crippen LogP contribution in [0.15, 0.2) is 235 Å². The van der Waals surface area contributed by atoms with Gasteiger partial charge in [-0.2, -0.15) is 0 Å². The Balaban J connectivity index is 0.979. The number of imidazole rings is 1. The normalized spacial score (nSPS) is 13.1. The number of pyridine rings is 1. The molecule has 0 N–H and O–H groups in total. The summed E-state index contributed by atoms with van der Waals surface area (Å²) in [6.07, 6.45) is 8.07. The topological polar surface area (TPSA) is 39.8 Å².